The molecule has 0 aliphatic heterocycles. The first-order chi connectivity index (χ1) is 17.4. The van der Waals surface area contributed by atoms with Crippen LogP contribution in [0, 0.1) is 6.92 Å². The van der Waals surface area contributed by atoms with E-state index < -0.39 is 12.0 Å². The Kier molecular flexibility index (Phi) is 10.4. The zero-order valence-electron chi connectivity index (χ0n) is 21.3. The summed E-state index contributed by atoms with van der Waals surface area (Å²) >= 11 is 1.56. The number of carboxylic acid groups (broad SMARTS) is 1. The minimum atomic E-state index is -1.02. The molecule has 0 spiro atoms. The Morgan fingerprint density at radius 2 is 1.69 bits per heavy atom. The lowest BCUT2D eigenvalue weighted by molar-refractivity contribution is -0.139. The van der Waals surface area contributed by atoms with Crippen LogP contribution in [0.25, 0.3) is 11.1 Å². The van der Waals surface area contributed by atoms with Gasteiger partial charge >= 0.3 is 5.97 Å². The Bertz CT molecular complexity index is 1160. The first kappa shape index (κ1) is 27.3. The molecule has 0 saturated carbocycles. The van der Waals surface area contributed by atoms with Gasteiger partial charge in [0.1, 0.15) is 6.04 Å². The van der Waals surface area contributed by atoms with Crippen molar-refractivity contribution in [3.63, 3.8) is 0 Å². The maximum Gasteiger partial charge on any atom is 0.326 e. The molecule has 1 amide bonds. The van der Waals surface area contributed by atoms with Gasteiger partial charge in [-0.05, 0) is 90.3 Å². The van der Waals surface area contributed by atoms with Crippen LogP contribution in [0.15, 0.2) is 66.7 Å². The maximum atomic E-state index is 13.2. The molecular weight excluding hydrogens is 468 g/mol. The monoisotopic (exact) mass is 504 g/mol. The SMILES string of the molecule is CCCCc1ccc(NCc2ccc(C(=O)N[C@@H](CCSC)C(=O)O)c(-c3ccccc3C)c2)cc1. The van der Waals surface area contributed by atoms with E-state index in [0.717, 1.165) is 34.4 Å². The number of carbonyl (C=O) groups is 2. The van der Waals surface area contributed by atoms with Crippen molar-refractivity contribution in [2.24, 2.45) is 0 Å². The molecule has 0 aliphatic rings. The number of carboxylic acids is 1. The number of thioether (sulfide) groups is 1. The van der Waals surface area contributed by atoms with Crippen molar-refractivity contribution in [2.75, 3.05) is 17.3 Å². The molecule has 0 fully saturated rings. The normalized spacial score (nSPS) is 11.6. The number of aliphatic carboxylic acids is 1. The van der Waals surface area contributed by atoms with E-state index in [1.165, 1.54) is 18.4 Å². The van der Waals surface area contributed by atoms with Crippen molar-refractivity contribution in [2.45, 2.75) is 52.1 Å². The molecule has 0 radical (unpaired) electrons. The third-order valence-corrected chi connectivity index (χ3v) is 6.89. The van der Waals surface area contributed by atoms with Gasteiger partial charge in [0.2, 0.25) is 0 Å². The van der Waals surface area contributed by atoms with Crippen molar-refractivity contribution in [3.8, 4) is 11.1 Å². The van der Waals surface area contributed by atoms with Crippen LogP contribution in [0.3, 0.4) is 0 Å². The summed E-state index contributed by atoms with van der Waals surface area (Å²) in [5, 5.41) is 15.8. The summed E-state index contributed by atoms with van der Waals surface area (Å²) in [5.41, 5.74) is 6.72. The number of hydrogen-bond donors (Lipinski definition) is 3. The van der Waals surface area contributed by atoms with Crippen molar-refractivity contribution in [1.82, 2.24) is 5.32 Å². The highest BCUT2D eigenvalue weighted by atomic mass is 32.2. The number of anilines is 1. The fourth-order valence-corrected chi connectivity index (χ4v) is 4.57. The summed E-state index contributed by atoms with van der Waals surface area (Å²) in [6.45, 7) is 4.83. The highest BCUT2D eigenvalue weighted by molar-refractivity contribution is 7.98. The highest BCUT2D eigenvalue weighted by Crippen LogP contribution is 2.29. The zero-order valence-corrected chi connectivity index (χ0v) is 22.2. The van der Waals surface area contributed by atoms with Gasteiger partial charge in [-0.25, -0.2) is 4.79 Å². The summed E-state index contributed by atoms with van der Waals surface area (Å²) in [5.74, 6) is -0.730. The number of hydrogen-bond acceptors (Lipinski definition) is 4. The number of nitrogens with one attached hydrogen (secondary N) is 2. The molecule has 3 aromatic carbocycles. The van der Waals surface area contributed by atoms with Crippen LogP contribution in [0.2, 0.25) is 0 Å². The fraction of sp³-hybridized carbons (Fsp3) is 0.333. The van der Waals surface area contributed by atoms with Crippen LogP contribution in [0.5, 0.6) is 0 Å². The summed E-state index contributed by atoms with van der Waals surface area (Å²) in [6.07, 6.45) is 5.77. The fourth-order valence-electron chi connectivity index (χ4n) is 4.10. The van der Waals surface area contributed by atoms with Crippen LogP contribution >= 0.6 is 11.8 Å². The van der Waals surface area contributed by atoms with Gasteiger partial charge in [-0.1, -0.05) is 55.8 Å². The van der Waals surface area contributed by atoms with Gasteiger partial charge in [0.15, 0.2) is 0 Å². The molecule has 3 rings (SSSR count). The molecule has 0 aliphatic carbocycles. The Morgan fingerprint density at radius 1 is 0.972 bits per heavy atom. The lowest BCUT2D eigenvalue weighted by Gasteiger charge is -2.18. The second-order valence-electron chi connectivity index (χ2n) is 8.99. The minimum Gasteiger partial charge on any atom is -0.480 e. The van der Waals surface area contributed by atoms with Gasteiger partial charge in [0.05, 0.1) is 0 Å². The number of aryl methyl sites for hydroxylation is 2. The van der Waals surface area contributed by atoms with Crippen molar-refractivity contribution >= 4 is 29.3 Å². The van der Waals surface area contributed by atoms with Gasteiger partial charge in [0.25, 0.3) is 5.91 Å². The van der Waals surface area contributed by atoms with Gasteiger partial charge in [0, 0.05) is 17.8 Å². The molecule has 6 heteroatoms. The minimum absolute atomic E-state index is 0.371. The van der Waals surface area contributed by atoms with E-state index >= 15 is 0 Å². The van der Waals surface area contributed by atoms with Crippen LogP contribution in [0.4, 0.5) is 5.69 Å². The number of carbonyl (C=O) groups excluding carboxylic acids is 1. The van der Waals surface area contributed by atoms with Crippen molar-refractivity contribution in [1.29, 1.82) is 0 Å². The predicted octanol–water partition coefficient (Wildman–Crippen LogP) is 6.55. The standard InChI is InChI=1S/C30H36N2O3S/c1-4-5-9-22-11-14-24(15-12-22)31-20-23-13-16-26(27(19-23)25-10-7-6-8-21(25)2)29(33)32-28(30(34)35)17-18-36-3/h6-8,10-16,19,28,31H,4-5,9,17-18,20H2,1-3H3,(H,32,33)(H,34,35)/t28-/m0/s1. The molecule has 3 aromatic rings. The first-order valence-electron chi connectivity index (χ1n) is 12.5. The highest BCUT2D eigenvalue weighted by Gasteiger charge is 2.22. The molecule has 0 aromatic heterocycles. The molecule has 36 heavy (non-hydrogen) atoms. The number of rotatable bonds is 13. The van der Waals surface area contributed by atoms with Crippen LogP contribution in [0.1, 0.15) is 53.2 Å². The number of amides is 1. The third kappa shape index (κ3) is 7.62. The van der Waals surface area contributed by atoms with Crippen LogP contribution in [-0.4, -0.2) is 35.0 Å². The van der Waals surface area contributed by atoms with Crippen LogP contribution in [-0.2, 0) is 17.8 Å². The van der Waals surface area contributed by atoms with E-state index in [1.807, 2.05) is 49.6 Å². The number of unbranched alkanes of at least 4 members (excludes halogenated alkanes) is 1. The maximum absolute atomic E-state index is 13.2. The molecule has 190 valence electrons. The molecule has 3 N–H and O–H groups in total. The molecular formula is C30H36N2O3S. The van der Waals surface area contributed by atoms with E-state index in [1.54, 1.807) is 17.8 Å². The summed E-state index contributed by atoms with van der Waals surface area (Å²) in [4.78, 5) is 24.9. The molecule has 0 bridgehead atoms. The van der Waals surface area contributed by atoms with E-state index in [-0.39, 0.29) is 5.91 Å². The molecule has 0 unspecified atom stereocenters. The zero-order chi connectivity index (χ0) is 25.9. The molecule has 1 atom stereocenters. The smallest absolute Gasteiger partial charge is 0.326 e. The second kappa shape index (κ2) is 13.7. The summed E-state index contributed by atoms with van der Waals surface area (Å²) in [7, 11) is 0. The van der Waals surface area contributed by atoms with E-state index in [2.05, 4.69) is 41.8 Å². The lowest BCUT2D eigenvalue weighted by Crippen LogP contribution is -2.41. The Balaban J connectivity index is 1.83. The summed E-state index contributed by atoms with van der Waals surface area (Å²) in [6, 6.07) is 21.3. The molecule has 0 saturated heterocycles. The van der Waals surface area contributed by atoms with Gasteiger partial charge in [-0.15, -0.1) is 0 Å². The molecule has 0 heterocycles. The predicted molar refractivity (Wildman–Crippen MR) is 151 cm³/mol. The lowest BCUT2D eigenvalue weighted by atomic mass is 9.93. The van der Waals surface area contributed by atoms with Crippen LogP contribution < -0.4 is 10.6 Å². The van der Waals surface area contributed by atoms with Gasteiger partial charge < -0.3 is 15.7 Å². The van der Waals surface area contributed by atoms with E-state index in [9.17, 15) is 14.7 Å². The van der Waals surface area contributed by atoms with Gasteiger partial charge in [-0.2, -0.15) is 11.8 Å². The van der Waals surface area contributed by atoms with E-state index in [0.29, 0.717) is 24.3 Å². The Morgan fingerprint density at radius 3 is 2.36 bits per heavy atom. The average Bonchev–Trinajstić information content (AvgIpc) is 2.89. The largest absolute Gasteiger partial charge is 0.480 e. The Labute approximate surface area is 218 Å². The van der Waals surface area contributed by atoms with Gasteiger partial charge in [-0.3, -0.25) is 4.79 Å². The summed E-state index contributed by atoms with van der Waals surface area (Å²) < 4.78 is 0. The second-order valence-corrected chi connectivity index (χ2v) is 9.98. The topological polar surface area (TPSA) is 78.4 Å². The third-order valence-electron chi connectivity index (χ3n) is 6.25. The van der Waals surface area contributed by atoms with Crippen molar-refractivity contribution in [3.05, 3.63) is 89.0 Å². The molecule has 5 nitrogen and oxygen atoms in total. The van der Waals surface area contributed by atoms with Crippen molar-refractivity contribution < 1.29 is 14.7 Å². The van der Waals surface area contributed by atoms with E-state index in [4.69, 9.17) is 0 Å². The Hall–Kier alpha value is -3.25. The first-order valence-corrected chi connectivity index (χ1v) is 13.9. The quantitative estimate of drug-likeness (QED) is 0.246. The number of benzene rings is 3. The average molecular weight is 505 g/mol.